The maximum Gasteiger partial charge on any atom is 0.417 e. The van der Waals surface area contributed by atoms with E-state index >= 15 is 0 Å². The van der Waals surface area contributed by atoms with Crippen molar-refractivity contribution in [3.63, 3.8) is 0 Å². The Hall–Kier alpha value is -2.25. The summed E-state index contributed by atoms with van der Waals surface area (Å²) >= 11 is 0. The molecule has 0 unspecified atom stereocenters. The number of nitrogens with zero attached hydrogens (tertiary/aromatic N) is 1. The summed E-state index contributed by atoms with van der Waals surface area (Å²) in [4.78, 5) is 31.2. The topological polar surface area (TPSA) is 77.3 Å². The molecule has 0 aromatic heterocycles. The van der Waals surface area contributed by atoms with Gasteiger partial charge in [0.05, 0.1) is 16.1 Å². The van der Waals surface area contributed by atoms with Crippen LogP contribution in [0.4, 0.5) is 18.9 Å². The summed E-state index contributed by atoms with van der Waals surface area (Å²) in [5.74, 6) is -0.793. The number of carbonyl (C=O) groups is 2. The Morgan fingerprint density at radius 1 is 1.39 bits per heavy atom. The van der Waals surface area contributed by atoms with Crippen LogP contribution in [-0.2, 0) is 6.18 Å². The van der Waals surface area contributed by atoms with Gasteiger partial charge in [0.1, 0.15) is 0 Å². The lowest BCUT2D eigenvalue weighted by Gasteiger charge is -2.10. The van der Waals surface area contributed by atoms with Crippen LogP contribution in [0.2, 0.25) is 0 Å². The zero-order valence-corrected chi connectivity index (χ0v) is 8.95. The van der Waals surface area contributed by atoms with Crippen molar-refractivity contribution in [2.75, 3.05) is 0 Å². The number of benzene rings is 1. The maximum absolute atomic E-state index is 12.5. The first kappa shape index (κ1) is 13.8. The highest BCUT2D eigenvalue weighted by Gasteiger charge is 2.36. The molecule has 0 saturated heterocycles. The third kappa shape index (κ3) is 2.53. The van der Waals surface area contributed by atoms with Crippen LogP contribution in [0.25, 0.3) is 0 Å². The zero-order valence-electron chi connectivity index (χ0n) is 8.95. The van der Waals surface area contributed by atoms with Crippen LogP contribution in [0, 0.1) is 10.1 Å². The third-order valence-electron chi connectivity index (χ3n) is 2.18. The van der Waals surface area contributed by atoms with Crippen LogP contribution in [0.1, 0.15) is 33.2 Å². The first-order valence-corrected chi connectivity index (χ1v) is 4.54. The van der Waals surface area contributed by atoms with Gasteiger partial charge in [-0.25, -0.2) is 0 Å². The lowest BCUT2D eigenvalue weighted by molar-refractivity contribution is -0.385. The minimum Gasteiger partial charge on any atom is -0.298 e. The van der Waals surface area contributed by atoms with Gasteiger partial charge in [-0.1, -0.05) is 0 Å². The Bertz CT molecular complexity index is 537. The van der Waals surface area contributed by atoms with Crippen molar-refractivity contribution in [1.82, 2.24) is 0 Å². The predicted molar refractivity (Wildman–Crippen MR) is 53.5 cm³/mol. The number of ketones is 1. The molecule has 0 radical (unpaired) electrons. The van der Waals surface area contributed by atoms with Gasteiger partial charge in [-0.15, -0.1) is 0 Å². The van der Waals surface area contributed by atoms with E-state index in [1.54, 1.807) is 0 Å². The fourth-order valence-electron chi connectivity index (χ4n) is 1.38. The molecule has 1 aromatic rings. The molecule has 5 nitrogen and oxygen atoms in total. The average Bonchev–Trinajstić information content (AvgIpc) is 2.25. The Morgan fingerprint density at radius 2 is 1.94 bits per heavy atom. The summed E-state index contributed by atoms with van der Waals surface area (Å²) in [5, 5.41) is 10.6. The molecule has 0 amide bonds. The lowest BCUT2D eigenvalue weighted by Crippen LogP contribution is -2.12. The minimum absolute atomic E-state index is 0.0982. The molecule has 1 aromatic carbocycles. The molecule has 0 heterocycles. The van der Waals surface area contributed by atoms with E-state index in [2.05, 4.69) is 0 Å². The zero-order chi connectivity index (χ0) is 14.1. The van der Waals surface area contributed by atoms with Crippen LogP contribution in [0.3, 0.4) is 0 Å². The molecule has 0 saturated carbocycles. The fourth-order valence-corrected chi connectivity index (χ4v) is 1.38. The number of carbonyl (C=O) groups excluding carboxylic acids is 2. The molecular weight excluding hydrogens is 255 g/mol. The molecule has 0 atom stereocenters. The van der Waals surface area contributed by atoms with E-state index in [9.17, 15) is 32.9 Å². The number of hydrogen-bond acceptors (Lipinski definition) is 4. The summed E-state index contributed by atoms with van der Waals surface area (Å²) in [5.41, 5.74) is -3.75. The van der Waals surface area contributed by atoms with E-state index in [4.69, 9.17) is 0 Å². The van der Waals surface area contributed by atoms with Crippen LogP contribution in [-0.4, -0.2) is 17.0 Å². The van der Waals surface area contributed by atoms with Gasteiger partial charge in [-0.2, -0.15) is 13.2 Å². The van der Waals surface area contributed by atoms with Gasteiger partial charge in [0.2, 0.25) is 0 Å². The minimum atomic E-state index is -4.91. The Labute approximate surface area is 98.4 Å². The second-order valence-corrected chi connectivity index (χ2v) is 3.39. The van der Waals surface area contributed by atoms with E-state index in [1.807, 2.05) is 0 Å². The highest BCUT2D eigenvalue weighted by atomic mass is 19.4. The summed E-state index contributed by atoms with van der Waals surface area (Å²) in [6.07, 6.45) is -5.00. The molecule has 0 fully saturated rings. The fraction of sp³-hybridized carbons (Fsp3) is 0.200. The van der Waals surface area contributed by atoms with Crippen molar-refractivity contribution in [2.45, 2.75) is 13.1 Å². The van der Waals surface area contributed by atoms with Crippen molar-refractivity contribution >= 4 is 17.8 Å². The molecule has 0 N–H and O–H groups in total. The van der Waals surface area contributed by atoms with Crippen molar-refractivity contribution in [3.05, 3.63) is 38.9 Å². The van der Waals surface area contributed by atoms with Gasteiger partial charge < -0.3 is 0 Å². The number of nitro benzene ring substituents is 1. The van der Waals surface area contributed by atoms with Gasteiger partial charge in [-0.05, 0) is 13.0 Å². The van der Waals surface area contributed by atoms with Crippen molar-refractivity contribution in [3.8, 4) is 0 Å². The first-order valence-electron chi connectivity index (χ1n) is 4.54. The number of Topliss-reactive ketones (excluding diaryl/α,β-unsaturated/α-hetero) is 1. The number of rotatable bonds is 3. The summed E-state index contributed by atoms with van der Waals surface area (Å²) in [7, 11) is 0. The number of alkyl halides is 3. The van der Waals surface area contributed by atoms with Crippen molar-refractivity contribution in [1.29, 1.82) is 0 Å². The summed E-state index contributed by atoms with van der Waals surface area (Å²) in [6.45, 7) is 0.962. The smallest absolute Gasteiger partial charge is 0.298 e. The van der Waals surface area contributed by atoms with E-state index in [-0.39, 0.29) is 12.4 Å². The Kier molecular flexibility index (Phi) is 3.49. The van der Waals surface area contributed by atoms with Gasteiger partial charge >= 0.3 is 6.18 Å². The molecule has 1 rings (SSSR count). The SMILES string of the molecule is CC(=O)c1cc(C=O)c(C(F)(F)F)cc1[N+](=O)[O-]. The largest absolute Gasteiger partial charge is 0.417 e. The van der Waals surface area contributed by atoms with Crippen LogP contribution >= 0.6 is 0 Å². The maximum atomic E-state index is 12.5. The molecule has 0 spiro atoms. The highest BCUT2D eigenvalue weighted by Crippen LogP contribution is 2.35. The van der Waals surface area contributed by atoms with E-state index in [1.165, 1.54) is 0 Å². The Balaban J connectivity index is 3.67. The van der Waals surface area contributed by atoms with Crippen molar-refractivity contribution < 1.29 is 27.7 Å². The number of aldehydes is 1. The molecule has 96 valence electrons. The van der Waals surface area contributed by atoms with E-state index in [0.717, 1.165) is 6.92 Å². The quantitative estimate of drug-likeness (QED) is 0.362. The third-order valence-corrected chi connectivity index (χ3v) is 2.18. The number of hydrogen-bond donors (Lipinski definition) is 0. The Morgan fingerprint density at radius 3 is 2.28 bits per heavy atom. The lowest BCUT2D eigenvalue weighted by atomic mass is 10.0. The predicted octanol–water partition coefficient (Wildman–Crippen LogP) is 2.63. The normalized spacial score (nSPS) is 11.1. The average molecular weight is 261 g/mol. The van der Waals surface area contributed by atoms with Gasteiger partial charge in [-0.3, -0.25) is 19.7 Å². The molecule has 0 bridgehead atoms. The van der Waals surface area contributed by atoms with Crippen molar-refractivity contribution in [2.24, 2.45) is 0 Å². The first-order chi connectivity index (χ1) is 8.18. The molecular formula is C10H6F3NO4. The van der Waals surface area contributed by atoms with Gasteiger partial charge in [0.25, 0.3) is 5.69 Å². The highest BCUT2D eigenvalue weighted by molar-refractivity contribution is 6.00. The molecule has 0 aliphatic rings. The second-order valence-electron chi connectivity index (χ2n) is 3.39. The van der Waals surface area contributed by atoms with Crippen LogP contribution in [0.5, 0.6) is 0 Å². The van der Waals surface area contributed by atoms with Crippen LogP contribution < -0.4 is 0 Å². The number of halogens is 3. The number of nitro groups is 1. The summed E-state index contributed by atoms with van der Waals surface area (Å²) < 4.78 is 37.6. The summed E-state index contributed by atoms with van der Waals surface area (Å²) in [6, 6.07) is 0.775. The molecule has 18 heavy (non-hydrogen) atoms. The van der Waals surface area contributed by atoms with Gasteiger partial charge in [0, 0.05) is 11.6 Å². The van der Waals surface area contributed by atoms with Crippen LogP contribution in [0.15, 0.2) is 12.1 Å². The molecule has 8 heteroatoms. The second kappa shape index (κ2) is 4.55. The van der Waals surface area contributed by atoms with E-state index < -0.39 is 39.3 Å². The standard InChI is InChI=1S/C10H6F3NO4/c1-5(16)7-2-6(4-15)8(10(11,12)13)3-9(7)14(17)18/h2-4H,1H3. The van der Waals surface area contributed by atoms with E-state index in [0.29, 0.717) is 6.07 Å². The van der Waals surface area contributed by atoms with Gasteiger partial charge in [0.15, 0.2) is 12.1 Å². The molecule has 0 aliphatic carbocycles. The monoisotopic (exact) mass is 261 g/mol. The molecule has 0 aliphatic heterocycles.